The molecule has 0 aliphatic carbocycles. The number of aryl methyl sites for hydroxylation is 1. The smallest absolute Gasteiger partial charge is 0.128 e. The Hall–Kier alpha value is -1.13. The van der Waals surface area contributed by atoms with Gasteiger partial charge in [0.2, 0.25) is 0 Å². The van der Waals surface area contributed by atoms with Crippen LogP contribution in [0.2, 0.25) is 0 Å². The zero-order valence-corrected chi connectivity index (χ0v) is 14.3. The summed E-state index contributed by atoms with van der Waals surface area (Å²) in [5.74, 6) is 1.12. The molecule has 0 aromatic carbocycles. The van der Waals surface area contributed by atoms with Crippen LogP contribution in [0.3, 0.4) is 0 Å². The van der Waals surface area contributed by atoms with Crippen molar-refractivity contribution in [1.29, 1.82) is 0 Å². The maximum absolute atomic E-state index is 4.84. The van der Waals surface area contributed by atoms with E-state index in [1.165, 1.54) is 5.56 Å². The van der Waals surface area contributed by atoms with Gasteiger partial charge in [-0.2, -0.15) is 0 Å². The third-order valence-corrected chi connectivity index (χ3v) is 4.57. The van der Waals surface area contributed by atoms with Crippen LogP contribution in [0, 0.1) is 6.92 Å². The molecule has 4 heteroatoms. The first kappa shape index (κ1) is 16.2. The van der Waals surface area contributed by atoms with E-state index in [-0.39, 0.29) is 0 Å². The molecule has 1 aliphatic heterocycles. The van der Waals surface area contributed by atoms with Gasteiger partial charge in [0.15, 0.2) is 0 Å². The monoisotopic (exact) mass is 290 g/mol. The summed E-state index contributed by atoms with van der Waals surface area (Å²) in [4.78, 5) is 9.70. The maximum atomic E-state index is 4.84. The van der Waals surface area contributed by atoms with Gasteiger partial charge >= 0.3 is 0 Å². The van der Waals surface area contributed by atoms with Crippen molar-refractivity contribution in [3.63, 3.8) is 0 Å². The molecule has 2 rings (SSSR count). The van der Waals surface area contributed by atoms with Crippen LogP contribution in [0.4, 0.5) is 5.82 Å². The Labute approximate surface area is 129 Å². The summed E-state index contributed by atoms with van der Waals surface area (Å²) >= 11 is 0. The van der Waals surface area contributed by atoms with Gasteiger partial charge in [0.1, 0.15) is 5.82 Å². The van der Waals surface area contributed by atoms with E-state index < -0.39 is 0 Å². The highest BCUT2D eigenvalue weighted by atomic mass is 15.3. The number of nitrogens with one attached hydrogen (secondary N) is 1. The Balaban J connectivity index is 2.09. The van der Waals surface area contributed by atoms with E-state index in [1.807, 2.05) is 0 Å². The molecule has 1 N–H and O–H groups in total. The second-order valence-corrected chi connectivity index (χ2v) is 6.72. The van der Waals surface area contributed by atoms with Gasteiger partial charge in [-0.25, -0.2) is 4.98 Å². The lowest BCUT2D eigenvalue weighted by Gasteiger charge is -2.43. The number of likely N-dealkylation sites (N-methyl/N-ethyl adjacent to an activating group) is 1. The lowest BCUT2D eigenvalue weighted by atomic mass is 10.1. The quantitative estimate of drug-likeness (QED) is 0.923. The van der Waals surface area contributed by atoms with Crippen LogP contribution in [0.25, 0.3) is 0 Å². The largest absolute Gasteiger partial charge is 0.353 e. The van der Waals surface area contributed by atoms with Crippen molar-refractivity contribution in [2.75, 3.05) is 25.0 Å². The highest BCUT2D eigenvalue weighted by Gasteiger charge is 2.27. The lowest BCUT2D eigenvalue weighted by Crippen LogP contribution is -2.55. The summed E-state index contributed by atoms with van der Waals surface area (Å²) in [6, 6.07) is 6.04. The van der Waals surface area contributed by atoms with Crippen molar-refractivity contribution in [2.24, 2.45) is 0 Å². The van der Waals surface area contributed by atoms with E-state index in [1.54, 1.807) is 0 Å². The number of aromatic nitrogens is 1. The van der Waals surface area contributed by atoms with Gasteiger partial charge in [0, 0.05) is 43.5 Å². The number of anilines is 1. The number of nitrogens with zero attached hydrogens (tertiary/aromatic N) is 3. The first-order valence-corrected chi connectivity index (χ1v) is 8.05. The summed E-state index contributed by atoms with van der Waals surface area (Å²) < 4.78 is 0. The van der Waals surface area contributed by atoms with Crippen molar-refractivity contribution in [2.45, 2.75) is 59.3 Å². The van der Waals surface area contributed by atoms with Crippen LogP contribution in [-0.2, 0) is 6.54 Å². The van der Waals surface area contributed by atoms with Gasteiger partial charge in [-0.3, -0.25) is 4.90 Å². The van der Waals surface area contributed by atoms with Gasteiger partial charge in [0.25, 0.3) is 0 Å². The molecule has 0 radical (unpaired) electrons. The number of hydrogen-bond donors (Lipinski definition) is 1. The molecule has 2 heterocycles. The van der Waals surface area contributed by atoms with E-state index in [4.69, 9.17) is 4.98 Å². The Kier molecular flexibility index (Phi) is 5.22. The minimum Gasteiger partial charge on any atom is -0.353 e. The van der Waals surface area contributed by atoms with E-state index in [9.17, 15) is 0 Å². The van der Waals surface area contributed by atoms with Gasteiger partial charge in [-0.1, -0.05) is 19.9 Å². The normalized spacial score (nSPS) is 23.9. The van der Waals surface area contributed by atoms with E-state index in [0.717, 1.165) is 31.1 Å². The summed E-state index contributed by atoms with van der Waals surface area (Å²) in [6.45, 7) is 14.0. The molecular weight excluding hydrogens is 260 g/mol. The molecule has 118 valence electrons. The molecule has 1 fully saturated rings. The number of piperazine rings is 1. The third kappa shape index (κ3) is 3.95. The van der Waals surface area contributed by atoms with Gasteiger partial charge in [-0.05, 0) is 39.4 Å². The molecule has 1 aromatic heterocycles. The second kappa shape index (κ2) is 6.75. The summed E-state index contributed by atoms with van der Waals surface area (Å²) in [6.07, 6.45) is 0. The van der Waals surface area contributed by atoms with E-state index >= 15 is 0 Å². The summed E-state index contributed by atoms with van der Waals surface area (Å²) in [5, 5.41) is 3.46. The van der Waals surface area contributed by atoms with Crippen LogP contribution >= 0.6 is 0 Å². The molecule has 2 unspecified atom stereocenters. The molecule has 0 spiro atoms. The fourth-order valence-corrected chi connectivity index (χ4v) is 2.85. The predicted octanol–water partition coefficient (Wildman–Crippen LogP) is 2.42. The predicted molar refractivity (Wildman–Crippen MR) is 89.8 cm³/mol. The van der Waals surface area contributed by atoms with Crippen molar-refractivity contribution >= 4 is 5.82 Å². The minimum atomic E-state index is 0.503. The van der Waals surface area contributed by atoms with Gasteiger partial charge in [-0.15, -0.1) is 0 Å². The van der Waals surface area contributed by atoms with Crippen LogP contribution in [0.5, 0.6) is 0 Å². The fourth-order valence-electron chi connectivity index (χ4n) is 2.85. The molecule has 4 nitrogen and oxygen atoms in total. The molecule has 0 bridgehead atoms. The molecule has 1 aromatic rings. The molecule has 0 amide bonds. The van der Waals surface area contributed by atoms with E-state index in [0.29, 0.717) is 18.1 Å². The number of pyridine rings is 1. The Morgan fingerprint density at radius 2 is 1.86 bits per heavy atom. The fraction of sp³-hybridized carbons (Fsp3) is 0.706. The van der Waals surface area contributed by atoms with Crippen molar-refractivity contribution in [1.82, 2.24) is 15.2 Å². The highest BCUT2D eigenvalue weighted by Crippen LogP contribution is 2.21. The lowest BCUT2D eigenvalue weighted by molar-refractivity contribution is 0.169. The first-order valence-electron chi connectivity index (χ1n) is 8.05. The first-order chi connectivity index (χ1) is 9.88. The minimum absolute atomic E-state index is 0.503. The topological polar surface area (TPSA) is 31.4 Å². The van der Waals surface area contributed by atoms with Crippen LogP contribution < -0.4 is 10.2 Å². The zero-order chi connectivity index (χ0) is 15.6. The Bertz CT molecular complexity index is 460. The van der Waals surface area contributed by atoms with Crippen molar-refractivity contribution in [3.8, 4) is 0 Å². The van der Waals surface area contributed by atoms with Crippen molar-refractivity contribution < 1.29 is 0 Å². The van der Waals surface area contributed by atoms with E-state index in [2.05, 4.69) is 68.9 Å². The zero-order valence-electron chi connectivity index (χ0n) is 14.3. The summed E-state index contributed by atoms with van der Waals surface area (Å²) in [7, 11) is 2.21. The molecule has 1 saturated heterocycles. The molecular formula is C17H30N4. The van der Waals surface area contributed by atoms with Crippen LogP contribution in [0.15, 0.2) is 12.1 Å². The Morgan fingerprint density at radius 1 is 1.24 bits per heavy atom. The van der Waals surface area contributed by atoms with Crippen LogP contribution in [-0.4, -0.2) is 48.1 Å². The SMILES string of the molecule is Cc1nc(N2CC(C)N(C)C(C)C2)ccc1CNC(C)C. The highest BCUT2D eigenvalue weighted by molar-refractivity contribution is 5.42. The molecule has 2 atom stereocenters. The van der Waals surface area contributed by atoms with Crippen molar-refractivity contribution in [3.05, 3.63) is 23.4 Å². The number of hydrogen-bond acceptors (Lipinski definition) is 4. The Morgan fingerprint density at radius 3 is 2.38 bits per heavy atom. The molecule has 1 aliphatic rings. The van der Waals surface area contributed by atoms with Crippen LogP contribution in [0.1, 0.15) is 39.0 Å². The average Bonchev–Trinajstić information content (AvgIpc) is 2.42. The average molecular weight is 290 g/mol. The summed E-state index contributed by atoms with van der Waals surface area (Å²) in [5.41, 5.74) is 2.43. The third-order valence-electron chi connectivity index (χ3n) is 4.57. The van der Waals surface area contributed by atoms with Gasteiger partial charge in [0.05, 0.1) is 0 Å². The van der Waals surface area contributed by atoms with Gasteiger partial charge < -0.3 is 10.2 Å². The molecule has 0 saturated carbocycles. The molecule has 21 heavy (non-hydrogen) atoms. The maximum Gasteiger partial charge on any atom is 0.128 e. The number of rotatable bonds is 4. The standard InChI is InChI=1S/C17H30N4/c1-12(2)18-9-16-7-8-17(19-15(16)5)21-10-13(3)20(6)14(4)11-21/h7-8,12-14,18H,9-11H2,1-6H3. The second-order valence-electron chi connectivity index (χ2n) is 6.72.